The van der Waals surface area contributed by atoms with Gasteiger partial charge in [0.05, 0.1) is 11.0 Å². The fourth-order valence-corrected chi connectivity index (χ4v) is 4.72. The molecular formula is C24H26N4O2. The molecule has 3 aromatic rings. The Labute approximate surface area is 175 Å². The highest BCUT2D eigenvalue weighted by Gasteiger charge is 2.29. The molecule has 0 bridgehead atoms. The highest BCUT2D eigenvalue weighted by molar-refractivity contribution is 5.98. The van der Waals surface area contributed by atoms with Crippen LogP contribution in [0.2, 0.25) is 0 Å². The van der Waals surface area contributed by atoms with Gasteiger partial charge in [0.1, 0.15) is 5.82 Å². The lowest BCUT2D eigenvalue weighted by Crippen LogP contribution is -2.39. The zero-order valence-corrected chi connectivity index (χ0v) is 17.2. The number of benzene rings is 2. The summed E-state index contributed by atoms with van der Waals surface area (Å²) in [6, 6.07) is 13.8. The van der Waals surface area contributed by atoms with Crippen molar-refractivity contribution in [2.24, 2.45) is 0 Å². The number of fused-ring (bicyclic) bond motifs is 2. The molecule has 1 saturated heterocycles. The second kappa shape index (κ2) is 7.59. The summed E-state index contributed by atoms with van der Waals surface area (Å²) in [7, 11) is 0. The van der Waals surface area contributed by atoms with Crippen molar-refractivity contribution in [2.45, 2.75) is 38.5 Å². The van der Waals surface area contributed by atoms with Crippen LogP contribution in [-0.4, -0.2) is 46.3 Å². The molecular weight excluding hydrogens is 376 g/mol. The smallest absolute Gasteiger partial charge is 0.253 e. The van der Waals surface area contributed by atoms with Crippen LogP contribution in [0.15, 0.2) is 42.5 Å². The van der Waals surface area contributed by atoms with Gasteiger partial charge in [-0.1, -0.05) is 19.1 Å². The molecule has 1 fully saturated rings. The normalized spacial score (nSPS) is 18.6. The van der Waals surface area contributed by atoms with Gasteiger partial charge < -0.3 is 14.8 Å². The van der Waals surface area contributed by atoms with Gasteiger partial charge in [0.2, 0.25) is 5.91 Å². The highest BCUT2D eigenvalue weighted by atomic mass is 16.2. The Bertz CT molecular complexity index is 1090. The van der Waals surface area contributed by atoms with Crippen molar-refractivity contribution in [3.8, 4) is 0 Å². The van der Waals surface area contributed by atoms with Crippen LogP contribution in [-0.2, 0) is 11.2 Å². The van der Waals surface area contributed by atoms with Gasteiger partial charge in [0, 0.05) is 43.2 Å². The summed E-state index contributed by atoms with van der Waals surface area (Å²) in [6.45, 7) is 4.04. The van der Waals surface area contributed by atoms with Gasteiger partial charge in [-0.25, -0.2) is 4.98 Å². The van der Waals surface area contributed by atoms with Crippen molar-refractivity contribution in [1.29, 1.82) is 0 Å². The van der Waals surface area contributed by atoms with Gasteiger partial charge in [0.25, 0.3) is 5.91 Å². The Kier molecular flexibility index (Phi) is 4.77. The molecule has 6 heteroatoms. The van der Waals surface area contributed by atoms with E-state index < -0.39 is 0 Å². The largest absolute Gasteiger partial charge is 0.342 e. The Morgan fingerprint density at radius 1 is 1.17 bits per heavy atom. The molecule has 1 atom stereocenters. The first-order chi connectivity index (χ1) is 14.6. The Balaban J connectivity index is 1.34. The van der Waals surface area contributed by atoms with Crippen LogP contribution in [0.4, 0.5) is 5.69 Å². The molecule has 0 radical (unpaired) electrons. The zero-order valence-electron chi connectivity index (χ0n) is 17.2. The van der Waals surface area contributed by atoms with Crippen LogP contribution in [0, 0.1) is 0 Å². The minimum absolute atomic E-state index is 0.0684. The first kappa shape index (κ1) is 18.9. The Hall–Kier alpha value is -3.15. The maximum Gasteiger partial charge on any atom is 0.253 e. The number of carbonyl (C=O) groups is 2. The first-order valence-electron chi connectivity index (χ1n) is 10.8. The van der Waals surface area contributed by atoms with Crippen LogP contribution in [0.3, 0.4) is 0 Å². The molecule has 6 nitrogen and oxygen atoms in total. The Morgan fingerprint density at radius 3 is 2.87 bits per heavy atom. The lowest BCUT2D eigenvalue weighted by Gasteiger charge is -2.32. The van der Waals surface area contributed by atoms with E-state index in [0.717, 1.165) is 53.9 Å². The highest BCUT2D eigenvalue weighted by Crippen LogP contribution is 2.31. The summed E-state index contributed by atoms with van der Waals surface area (Å²) < 4.78 is 0. The summed E-state index contributed by atoms with van der Waals surface area (Å²) in [6.07, 6.45) is 3.31. The van der Waals surface area contributed by atoms with Gasteiger partial charge >= 0.3 is 0 Å². The zero-order chi connectivity index (χ0) is 20.7. The predicted octanol–water partition coefficient (Wildman–Crippen LogP) is 3.88. The molecule has 0 aliphatic carbocycles. The van der Waals surface area contributed by atoms with Crippen molar-refractivity contribution in [3.63, 3.8) is 0 Å². The molecule has 1 unspecified atom stereocenters. The molecule has 3 heterocycles. The molecule has 5 rings (SSSR count). The summed E-state index contributed by atoms with van der Waals surface area (Å²) in [4.78, 5) is 37.3. The average molecular weight is 402 g/mol. The molecule has 0 saturated carbocycles. The third-order valence-electron chi connectivity index (χ3n) is 6.33. The molecule has 2 aliphatic heterocycles. The van der Waals surface area contributed by atoms with Crippen molar-refractivity contribution < 1.29 is 9.59 Å². The van der Waals surface area contributed by atoms with Gasteiger partial charge in [-0.2, -0.15) is 0 Å². The third-order valence-corrected chi connectivity index (χ3v) is 6.33. The van der Waals surface area contributed by atoms with Crippen molar-refractivity contribution in [1.82, 2.24) is 14.9 Å². The maximum atomic E-state index is 13.2. The number of hydrogen-bond donors (Lipinski definition) is 1. The van der Waals surface area contributed by atoms with Crippen LogP contribution in [0.1, 0.15) is 53.8 Å². The van der Waals surface area contributed by atoms with Gasteiger partial charge in [-0.05, 0) is 55.2 Å². The minimum atomic E-state index is 0.0684. The molecule has 2 aromatic carbocycles. The molecule has 0 spiro atoms. The van der Waals surface area contributed by atoms with E-state index in [0.29, 0.717) is 25.1 Å². The number of para-hydroxylation sites is 2. The second-order valence-corrected chi connectivity index (χ2v) is 8.22. The maximum absolute atomic E-state index is 13.2. The van der Waals surface area contributed by atoms with E-state index in [1.165, 1.54) is 0 Å². The van der Waals surface area contributed by atoms with Crippen LogP contribution < -0.4 is 4.90 Å². The molecule has 30 heavy (non-hydrogen) atoms. The number of aromatic amines is 1. The fraction of sp³-hybridized carbons (Fsp3) is 0.375. The molecule has 2 aliphatic rings. The second-order valence-electron chi connectivity index (χ2n) is 8.22. The number of rotatable bonds is 3. The number of piperidine rings is 1. The number of imidazole rings is 1. The van der Waals surface area contributed by atoms with E-state index in [1.54, 1.807) is 0 Å². The molecule has 154 valence electrons. The quantitative estimate of drug-likeness (QED) is 0.723. The van der Waals surface area contributed by atoms with E-state index in [1.807, 2.05) is 59.2 Å². The number of H-pyrrole nitrogens is 1. The van der Waals surface area contributed by atoms with Crippen molar-refractivity contribution in [2.75, 3.05) is 24.5 Å². The van der Waals surface area contributed by atoms with Crippen LogP contribution >= 0.6 is 0 Å². The SMILES string of the molecule is CCC(=O)N1CCc2cc(C(=O)N3CCCC(c4nc5ccccc5[nH]4)C3)ccc21. The van der Waals surface area contributed by atoms with E-state index >= 15 is 0 Å². The minimum Gasteiger partial charge on any atom is -0.342 e. The van der Waals surface area contributed by atoms with Gasteiger partial charge in [-0.15, -0.1) is 0 Å². The number of carbonyl (C=O) groups excluding carboxylic acids is 2. The van der Waals surface area contributed by atoms with Gasteiger partial charge in [-0.3, -0.25) is 9.59 Å². The van der Waals surface area contributed by atoms with E-state index in [-0.39, 0.29) is 17.7 Å². The number of amides is 2. The molecule has 1 N–H and O–H groups in total. The monoisotopic (exact) mass is 402 g/mol. The predicted molar refractivity (Wildman–Crippen MR) is 117 cm³/mol. The number of nitrogens with zero attached hydrogens (tertiary/aromatic N) is 3. The number of likely N-dealkylation sites (tertiary alicyclic amines) is 1. The summed E-state index contributed by atoms with van der Waals surface area (Å²) in [5.41, 5.74) is 4.77. The number of hydrogen-bond acceptors (Lipinski definition) is 3. The van der Waals surface area contributed by atoms with Crippen molar-refractivity contribution in [3.05, 3.63) is 59.4 Å². The third kappa shape index (κ3) is 3.26. The summed E-state index contributed by atoms with van der Waals surface area (Å²) in [5.74, 6) is 1.40. The van der Waals surface area contributed by atoms with E-state index in [2.05, 4.69) is 4.98 Å². The average Bonchev–Trinajstić information content (AvgIpc) is 3.42. The van der Waals surface area contributed by atoms with Gasteiger partial charge in [0.15, 0.2) is 0 Å². The summed E-state index contributed by atoms with van der Waals surface area (Å²) in [5, 5.41) is 0. The van der Waals surface area contributed by atoms with Crippen molar-refractivity contribution >= 4 is 28.5 Å². The number of anilines is 1. The summed E-state index contributed by atoms with van der Waals surface area (Å²) >= 11 is 0. The fourth-order valence-electron chi connectivity index (χ4n) is 4.72. The first-order valence-corrected chi connectivity index (χ1v) is 10.8. The van der Waals surface area contributed by atoms with E-state index in [9.17, 15) is 9.59 Å². The number of aromatic nitrogens is 2. The lowest BCUT2D eigenvalue weighted by molar-refractivity contribution is -0.118. The lowest BCUT2D eigenvalue weighted by atomic mass is 9.96. The van der Waals surface area contributed by atoms with Crippen LogP contribution in [0.25, 0.3) is 11.0 Å². The number of nitrogens with one attached hydrogen (secondary N) is 1. The molecule has 2 amide bonds. The Morgan fingerprint density at radius 2 is 2.03 bits per heavy atom. The standard InChI is InChI=1S/C24H26N4O2/c1-2-22(29)28-13-11-16-14-17(9-10-21(16)28)24(30)27-12-5-6-18(15-27)23-25-19-7-3-4-8-20(19)26-23/h3-4,7-10,14,18H,2,5-6,11-13,15H2,1H3,(H,25,26). The van der Waals surface area contributed by atoms with Crippen LogP contribution in [0.5, 0.6) is 0 Å². The molecule has 1 aromatic heterocycles. The topological polar surface area (TPSA) is 69.3 Å². The van der Waals surface area contributed by atoms with E-state index in [4.69, 9.17) is 4.98 Å².